The van der Waals surface area contributed by atoms with E-state index in [9.17, 15) is 0 Å². The van der Waals surface area contributed by atoms with E-state index >= 15 is 0 Å². The van der Waals surface area contributed by atoms with Crippen LogP contribution in [0.4, 0.5) is 17.1 Å². The van der Waals surface area contributed by atoms with E-state index < -0.39 is 0 Å². The lowest BCUT2D eigenvalue weighted by atomic mass is 10.00. The summed E-state index contributed by atoms with van der Waals surface area (Å²) in [4.78, 5) is 2.37. The quantitative estimate of drug-likeness (QED) is 0.197. The van der Waals surface area contributed by atoms with E-state index in [1.165, 1.54) is 42.4 Å². The van der Waals surface area contributed by atoms with Crippen LogP contribution in [-0.2, 0) is 0 Å². The Labute approximate surface area is 265 Å². The van der Waals surface area contributed by atoms with Crippen LogP contribution in [0, 0.1) is 0 Å². The molecule has 0 spiro atoms. The number of nitrogens with zero attached hydrogens (tertiary/aromatic N) is 1. The fraction of sp³-hybridized carbons (Fsp3) is 0. The zero-order valence-electron chi connectivity index (χ0n) is 24.4. The van der Waals surface area contributed by atoms with Crippen LogP contribution in [0.1, 0.15) is 0 Å². The van der Waals surface area contributed by atoms with Crippen molar-refractivity contribution in [2.75, 3.05) is 4.90 Å². The molecule has 0 fully saturated rings. The average molecular weight is 594 g/mol. The van der Waals surface area contributed by atoms with E-state index in [2.05, 4.69) is 157 Å². The Balaban J connectivity index is 1.21. The molecular weight excluding hydrogens is 567 g/mol. The summed E-state index contributed by atoms with van der Waals surface area (Å²) in [7, 11) is 0. The van der Waals surface area contributed by atoms with E-state index in [0.717, 1.165) is 39.0 Å². The molecule has 0 unspecified atom stereocenters. The summed E-state index contributed by atoms with van der Waals surface area (Å²) >= 11 is 1.84. The van der Waals surface area contributed by atoms with E-state index in [0.29, 0.717) is 0 Å². The highest BCUT2D eigenvalue weighted by Crippen LogP contribution is 2.47. The summed E-state index contributed by atoms with van der Waals surface area (Å²) < 4.78 is 9.13. The van der Waals surface area contributed by atoms with Gasteiger partial charge < -0.3 is 9.32 Å². The van der Waals surface area contributed by atoms with Crippen molar-refractivity contribution in [1.82, 2.24) is 0 Å². The number of benzene rings is 7. The van der Waals surface area contributed by atoms with Gasteiger partial charge in [0.25, 0.3) is 0 Å². The fourth-order valence-electron chi connectivity index (χ4n) is 6.51. The maximum absolute atomic E-state index is 6.58. The average Bonchev–Trinajstić information content (AvgIpc) is 3.69. The van der Waals surface area contributed by atoms with Crippen molar-refractivity contribution in [3.63, 3.8) is 0 Å². The molecule has 0 N–H and O–H groups in total. The Morgan fingerprint density at radius 1 is 0.400 bits per heavy atom. The first kappa shape index (κ1) is 25.8. The molecule has 212 valence electrons. The van der Waals surface area contributed by atoms with E-state index in [1.54, 1.807) is 0 Å². The molecular formula is C42H27NOS. The second-order valence-electron chi connectivity index (χ2n) is 11.3. The van der Waals surface area contributed by atoms with E-state index in [1.807, 2.05) is 23.5 Å². The maximum atomic E-state index is 6.58. The number of furan rings is 1. The Morgan fingerprint density at radius 3 is 1.71 bits per heavy atom. The third kappa shape index (κ3) is 4.32. The van der Waals surface area contributed by atoms with Gasteiger partial charge in [0.2, 0.25) is 0 Å². The molecule has 0 amide bonds. The van der Waals surface area contributed by atoms with Gasteiger partial charge in [-0.1, -0.05) is 127 Å². The van der Waals surface area contributed by atoms with Crippen LogP contribution in [0.15, 0.2) is 168 Å². The lowest BCUT2D eigenvalue weighted by Crippen LogP contribution is -2.10. The van der Waals surface area contributed by atoms with Crippen molar-refractivity contribution < 1.29 is 4.42 Å². The van der Waals surface area contributed by atoms with Gasteiger partial charge in [0.05, 0.1) is 16.1 Å². The topological polar surface area (TPSA) is 16.4 Å². The zero-order valence-corrected chi connectivity index (χ0v) is 25.2. The number of rotatable bonds is 5. The molecule has 9 aromatic rings. The number of fused-ring (bicyclic) bond motifs is 6. The third-order valence-electron chi connectivity index (χ3n) is 8.70. The summed E-state index contributed by atoms with van der Waals surface area (Å²) in [5.41, 5.74) is 9.85. The van der Waals surface area contributed by atoms with Gasteiger partial charge in [0.15, 0.2) is 5.58 Å². The van der Waals surface area contributed by atoms with Crippen LogP contribution >= 0.6 is 11.3 Å². The van der Waals surface area contributed by atoms with Gasteiger partial charge in [-0.3, -0.25) is 0 Å². The lowest BCUT2D eigenvalue weighted by molar-refractivity contribution is 0.669. The third-order valence-corrected chi connectivity index (χ3v) is 9.91. The molecule has 7 aromatic carbocycles. The van der Waals surface area contributed by atoms with Crippen LogP contribution in [0.25, 0.3) is 64.4 Å². The summed E-state index contributed by atoms with van der Waals surface area (Å²) in [5.74, 6) is 0. The summed E-state index contributed by atoms with van der Waals surface area (Å²) in [6.07, 6.45) is 0. The second-order valence-corrected chi connectivity index (χ2v) is 12.4. The van der Waals surface area contributed by atoms with Gasteiger partial charge in [-0.05, 0) is 58.7 Å². The molecule has 45 heavy (non-hydrogen) atoms. The van der Waals surface area contributed by atoms with E-state index in [4.69, 9.17) is 4.42 Å². The Bertz CT molecular complexity index is 2360. The normalized spacial score (nSPS) is 11.6. The molecule has 2 heterocycles. The minimum absolute atomic E-state index is 0.886. The molecule has 0 aliphatic rings. The van der Waals surface area contributed by atoms with Crippen molar-refractivity contribution in [2.24, 2.45) is 0 Å². The van der Waals surface area contributed by atoms with Gasteiger partial charge in [0, 0.05) is 31.9 Å². The number of thiophene rings is 1. The first-order chi connectivity index (χ1) is 22.3. The number of hydrogen-bond donors (Lipinski definition) is 0. The first-order valence-corrected chi connectivity index (χ1v) is 16.0. The number of hydrogen-bond acceptors (Lipinski definition) is 3. The lowest BCUT2D eigenvalue weighted by Gasteiger charge is -2.26. The SMILES string of the molecule is c1ccc(-c2ccc(-c3ccc(N(c4cccc5c4oc4ccccc45)c4cccc5c4sc4ccccc45)cc3)cc2)cc1. The number of anilines is 3. The molecule has 2 nitrogen and oxygen atoms in total. The second kappa shape index (κ2) is 10.5. The minimum Gasteiger partial charge on any atom is -0.454 e. The van der Waals surface area contributed by atoms with Crippen molar-refractivity contribution in [3.8, 4) is 22.3 Å². The Morgan fingerprint density at radius 2 is 0.956 bits per heavy atom. The van der Waals surface area contributed by atoms with Gasteiger partial charge >= 0.3 is 0 Å². The zero-order chi connectivity index (χ0) is 29.7. The highest BCUT2D eigenvalue weighted by atomic mass is 32.1. The van der Waals surface area contributed by atoms with Crippen molar-refractivity contribution in [2.45, 2.75) is 0 Å². The van der Waals surface area contributed by atoms with Crippen LogP contribution in [0.3, 0.4) is 0 Å². The Hall–Kier alpha value is -5.64. The smallest absolute Gasteiger partial charge is 0.159 e. The standard InChI is InChI=1S/C42H27NOS/c1-2-10-28(11-3-1)29-20-22-30(23-21-29)31-24-26-32(27-25-31)43(37-16-8-14-35-33-12-4-6-18-39(33)44-41(35)37)38-17-9-15-36-34-13-5-7-19-40(34)45-42(36)38/h1-27H. The summed E-state index contributed by atoms with van der Waals surface area (Å²) in [5, 5.41) is 4.80. The fourth-order valence-corrected chi connectivity index (χ4v) is 7.72. The van der Waals surface area contributed by atoms with Gasteiger partial charge in [-0.15, -0.1) is 11.3 Å². The van der Waals surface area contributed by atoms with Crippen molar-refractivity contribution in [3.05, 3.63) is 164 Å². The largest absolute Gasteiger partial charge is 0.454 e. The van der Waals surface area contributed by atoms with Crippen LogP contribution in [-0.4, -0.2) is 0 Å². The molecule has 0 radical (unpaired) electrons. The molecule has 0 aliphatic heterocycles. The highest BCUT2D eigenvalue weighted by molar-refractivity contribution is 7.26. The van der Waals surface area contributed by atoms with Crippen molar-refractivity contribution >= 4 is 70.5 Å². The number of para-hydroxylation sites is 2. The predicted octanol–water partition coefficient (Wildman–Crippen LogP) is 12.8. The monoisotopic (exact) mass is 593 g/mol. The summed E-state index contributed by atoms with van der Waals surface area (Å²) in [6, 6.07) is 58.3. The highest BCUT2D eigenvalue weighted by Gasteiger charge is 2.22. The molecule has 0 saturated carbocycles. The van der Waals surface area contributed by atoms with Crippen LogP contribution in [0.2, 0.25) is 0 Å². The summed E-state index contributed by atoms with van der Waals surface area (Å²) in [6.45, 7) is 0. The van der Waals surface area contributed by atoms with Crippen LogP contribution < -0.4 is 4.90 Å². The maximum Gasteiger partial charge on any atom is 0.159 e. The molecule has 0 saturated heterocycles. The van der Waals surface area contributed by atoms with Gasteiger partial charge in [0.1, 0.15) is 5.58 Å². The minimum atomic E-state index is 0.886. The van der Waals surface area contributed by atoms with Gasteiger partial charge in [-0.25, -0.2) is 0 Å². The first-order valence-electron chi connectivity index (χ1n) is 15.2. The van der Waals surface area contributed by atoms with Crippen molar-refractivity contribution in [1.29, 1.82) is 0 Å². The molecule has 0 bridgehead atoms. The molecule has 9 rings (SSSR count). The predicted molar refractivity (Wildman–Crippen MR) is 192 cm³/mol. The van der Waals surface area contributed by atoms with Crippen LogP contribution in [0.5, 0.6) is 0 Å². The van der Waals surface area contributed by atoms with E-state index in [-0.39, 0.29) is 0 Å². The van der Waals surface area contributed by atoms with Gasteiger partial charge in [-0.2, -0.15) is 0 Å². The molecule has 3 heteroatoms. The molecule has 2 aromatic heterocycles. The Kier molecular flexibility index (Phi) is 6.03. The molecule has 0 aliphatic carbocycles. The molecule has 0 atom stereocenters.